The van der Waals surface area contributed by atoms with E-state index in [9.17, 15) is 0 Å². The summed E-state index contributed by atoms with van der Waals surface area (Å²) in [5.74, 6) is 0. The van der Waals surface area contributed by atoms with Crippen molar-refractivity contribution >= 4 is 17.4 Å². The third-order valence-electron chi connectivity index (χ3n) is 2.26. The Labute approximate surface area is 97.1 Å². The second-order valence-corrected chi connectivity index (χ2v) is 4.46. The normalized spacial score (nSPS) is 10.8. The molecule has 0 N–H and O–H groups in total. The van der Waals surface area contributed by atoms with Gasteiger partial charge in [-0.2, -0.15) is 0 Å². The summed E-state index contributed by atoms with van der Waals surface area (Å²) in [5.41, 5.74) is 0.899. The van der Waals surface area contributed by atoms with Crippen molar-refractivity contribution in [3.63, 3.8) is 0 Å². The van der Waals surface area contributed by atoms with Crippen LogP contribution in [0.4, 0.5) is 0 Å². The Bertz CT molecular complexity index is 604. The number of aromatic nitrogens is 3. The summed E-state index contributed by atoms with van der Waals surface area (Å²) >= 11 is 1.70. The topological polar surface area (TPSA) is 30.2 Å². The smallest absolute Gasteiger partial charge is 0.174 e. The van der Waals surface area contributed by atoms with Crippen molar-refractivity contribution in [1.82, 2.24) is 14.6 Å². The van der Waals surface area contributed by atoms with E-state index in [1.54, 1.807) is 18.1 Å². The average Bonchev–Trinajstić information content (AvgIpc) is 2.80. The summed E-state index contributed by atoms with van der Waals surface area (Å²) in [6, 6.07) is 14.3. The van der Waals surface area contributed by atoms with Crippen LogP contribution in [0.1, 0.15) is 0 Å². The lowest BCUT2D eigenvalue weighted by atomic mass is 10.4. The van der Waals surface area contributed by atoms with Crippen LogP contribution in [0, 0.1) is 0 Å². The standard InChI is InChI=1S/C12H9N3S/c1-2-5-10(6-3-1)16-11-7-4-8-15-9-13-14-12(11)15/h1-9H. The highest BCUT2D eigenvalue weighted by Gasteiger charge is 2.04. The van der Waals surface area contributed by atoms with E-state index >= 15 is 0 Å². The van der Waals surface area contributed by atoms with Crippen LogP contribution in [0.5, 0.6) is 0 Å². The molecule has 0 atom stereocenters. The first-order chi connectivity index (χ1) is 7.93. The van der Waals surface area contributed by atoms with Gasteiger partial charge in [-0.05, 0) is 24.3 Å². The van der Waals surface area contributed by atoms with Crippen molar-refractivity contribution in [2.75, 3.05) is 0 Å². The number of fused-ring (bicyclic) bond motifs is 1. The van der Waals surface area contributed by atoms with E-state index in [2.05, 4.69) is 28.4 Å². The van der Waals surface area contributed by atoms with Crippen molar-refractivity contribution in [3.8, 4) is 0 Å². The molecular weight excluding hydrogens is 218 g/mol. The molecule has 16 heavy (non-hydrogen) atoms. The van der Waals surface area contributed by atoms with Gasteiger partial charge in [-0.15, -0.1) is 10.2 Å². The van der Waals surface area contributed by atoms with Gasteiger partial charge in [0.25, 0.3) is 0 Å². The number of hydrogen-bond acceptors (Lipinski definition) is 3. The summed E-state index contributed by atoms with van der Waals surface area (Å²) in [4.78, 5) is 2.32. The monoisotopic (exact) mass is 227 g/mol. The largest absolute Gasteiger partial charge is 0.288 e. The average molecular weight is 227 g/mol. The zero-order valence-corrected chi connectivity index (χ0v) is 9.26. The Balaban J connectivity index is 2.04. The van der Waals surface area contributed by atoms with E-state index in [-0.39, 0.29) is 0 Å². The Morgan fingerprint density at radius 2 is 1.88 bits per heavy atom. The minimum atomic E-state index is 0.899. The molecule has 0 bridgehead atoms. The number of benzene rings is 1. The van der Waals surface area contributed by atoms with Crippen LogP contribution in [0.3, 0.4) is 0 Å². The molecule has 3 rings (SSSR count). The van der Waals surface area contributed by atoms with Gasteiger partial charge in [-0.3, -0.25) is 4.40 Å². The lowest BCUT2D eigenvalue weighted by Crippen LogP contribution is -1.84. The van der Waals surface area contributed by atoms with E-state index < -0.39 is 0 Å². The van der Waals surface area contributed by atoms with E-state index in [1.165, 1.54) is 4.90 Å². The molecule has 0 aliphatic rings. The summed E-state index contributed by atoms with van der Waals surface area (Å²) in [7, 11) is 0. The number of rotatable bonds is 2. The van der Waals surface area contributed by atoms with E-state index in [0.29, 0.717) is 0 Å². The maximum absolute atomic E-state index is 4.11. The van der Waals surface area contributed by atoms with Crippen LogP contribution >= 0.6 is 11.8 Å². The first-order valence-electron chi connectivity index (χ1n) is 4.95. The minimum Gasteiger partial charge on any atom is -0.288 e. The fourth-order valence-electron chi connectivity index (χ4n) is 1.52. The Morgan fingerprint density at radius 1 is 1.00 bits per heavy atom. The molecule has 0 aliphatic carbocycles. The predicted molar refractivity (Wildman–Crippen MR) is 63.6 cm³/mol. The molecule has 0 saturated carbocycles. The fraction of sp³-hybridized carbons (Fsp3) is 0. The van der Waals surface area contributed by atoms with Crippen molar-refractivity contribution in [2.45, 2.75) is 9.79 Å². The van der Waals surface area contributed by atoms with Crippen molar-refractivity contribution in [3.05, 3.63) is 55.0 Å². The lowest BCUT2D eigenvalue weighted by Gasteiger charge is -2.02. The second-order valence-electron chi connectivity index (χ2n) is 3.35. The maximum Gasteiger partial charge on any atom is 0.174 e. The first kappa shape index (κ1) is 9.42. The molecule has 0 fully saturated rings. The molecule has 3 nitrogen and oxygen atoms in total. The highest BCUT2D eigenvalue weighted by atomic mass is 32.2. The Hall–Kier alpha value is -1.81. The Kier molecular flexibility index (Phi) is 2.34. The summed E-state index contributed by atoms with van der Waals surface area (Å²) < 4.78 is 1.92. The molecule has 2 aromatic heterocycles. The summed E-state index contributed by atoms with van der Waals surface area (Å²) in [6.45, 7) is 0. The molecule has 0 radical (unpaired) electrons. The van der Waals surface area contributed by atoms with Gasteiger partial charge in [0.05, 0.1) is 4.90 Å². The molecule has 0 amide bonds. The Morgan fingerprint density at radius 3 is 2.75 bits per heavy atom. The van der Waals surface area contributed by atoms with Gasteiger partial charge in [0.2, 0.25) is 0 Å². The summed E-state index contributed by atoms with van der Waals surface area (Å²) in [5, 5.41) is 8.01. The highest BCUT2D eigenvalue weighted by Crippen LogP contribution is 2.29. The molecule has 78 valence electrons. The van der Waals surface area contributed by atoms with Crippen LogP contribution in [0.15, 0.2) is 64.8 Å². The number of nitrogens with zero attached hydrogens (tertiary/aromatic N) is 3. The molecule has 3 aromatic rings. The van der Waals surface area contributed by atoms with Crippen LogP contribution in [-0.2, 0) is 0 Å². The van der Waals surface area contributed by atoms with Gasteiger partial charge in [-0.25, -0.2) is 0 Å². The van der Waals surface area contributed by atoms with E-state index in [0.717, 1.165) is 10.5 Å². The third kappa shape index (κ3) is 1.67. The van der Waals surface area contributed by atoms with E-state index in [1.807, 2.05) is 34.9 Å². The SMILES string of the molecule is c1ccc(Sc2cccn3cnnc23)cc1. The predicted octanol–water partition coefficient (Wildman–Crippen LogP) is 2.88. The summed E-state index contributed by atoms with van der Waals surface area (Å²) in [6.07, 6.45) is 3.66. The molecule has 2 heterocycles. The van der Waals surface area contributed by atoms with Crippen molar-refractivity contribution < 1.29 is 0 Å². The van der Waals surface area contributed by atoms with Gasteiger partial charge in [0.15, 0.2) is 5.65 Å². The molecule has 0 aliphatic heterocycles. The number of pyridine rings is 1. The fourth-order valence-corrected chi connectivity index (χ4v) is 2.45. The number of hydrogen-bond donors (Lipinski definition) is 0. The first-order valence-corrected chi connectivity index (χ1v) is 5.76. The zero-order chi connectivity index (χ0) is 10.8. The second kappa shape index (κ2) is 3.98. The van der Waals surface area contributed by atoms with Crippen molar-refractivity contribution in [2.24, 2.45) is 0 Å². The van der Waals surface area contributed by atoms with Gasteiger partial charge < -0.3 is 0 Å². The van der Waals surface area contributed by atoms with Crippen LogP contribution < -0.4 is 0 Å². The lowest BCUT2D eigenvalue weighted by molar-refractivity contribution is 1.10. The quantitative estimate of drug-likeness (QED) is 0.674. The highest BCUT2D eigenvalue weighted by molar-refractivity contribution is 7.99. The zero-order valence-electron chi connectivity index (χ0n) is 8.45. The minimum absolute atomic E-state index is 0.899. The molecule has 0 unspecified atom stereocenters. The third-order valence-corrected chi connectivity index (χ3v) is 3.31. The molecule has 0 saturated heterocycles. The molecule has 1 aromatic carbocycles. The van der Waals surface area contributed by atoms with Crippen LogP contribution in [0.2, 0.25) is 0 Å². The maximum atomic E-state index is 4.11. The molecule has 4 heteroatoms. The van der Waals surface area contributed by atoms with Crippen molar-refractivity contribution in [1.29, 1.82) is 0 Å². The van der Waals surface area contributed by atoms with Crippen LogP contribution in [0.25, 0.3) is 5.65 Å². The van der Waals surface area contributed by atoms with Gasteiger partial charge >= 0.3 is 0 Å². The van der Waals surface area contributed by atoms with Gasteiger partial charge in [0, 0.05) is 11.1 Å². The van der Waals surface area contributed by atoms with Gasteiger partial charge in [0.1, 0.15) is 6.33 Å². The molecular formula is C12H9N3S. The van der Waals surface area contributed by atoms with Crippen LogP contribution in [-0.4, -0.2) is 14.6 Å². The molecule has 0 spiro atoms. The van der Waals surface area contributed by atoms with Gasteiger partial charge in [-0.1, -0.05) is 30.0 Å². The van der Waals surface area contributed by atoms with E-state index in [4.69, 9.17) is 0 Å².